The van der Waals surface area contributed by atoms with Crippen LogP contribution in [0.1, 0.15) is 55.1 Å². The summed E-state index contributed by atoms with van der Waals surface area (Å²) in [5.41, 5.74) is 11.3. The van der Waals surface area contributed by atoms with Crippen LogP contribution in [-0.4, -0.2) is 40.7 Å². The third-order valence-corrected chi connectivity index (χ3v) is 8.16. The molecule has 1 aliphatic rings. The molecule has 0 unspecified atom stereocenters. The van der Waals surface area contributed by atoms with Gasteiger partial charge in [-0.05, 0) is 65.9 Å². The van der Waals surface area contributed by atoms with Gasteiger partial charge >= 0.3 is 6.09 Å². The second-order valence-electron chi connectivity index (χ2n) is 12.4. The summed E-state index contributed by atoms with van der Waals surface area (Å²) < 4.78 is 6.63. The summed E-state index contributed by atoms with van der Waals surface area (Å²) in [6.45, 7) is 9.83. The summed E-state index contributed by atoms with van der Waals surface area (Å²) in [5.74, 6) is -0.00163. The van der Waals surface area contributed by atoms with E-state index in [9.17, 15) is 14.4 Å². The Kier molecular flexibility index (Phi) is 8.94. The number of amides is 2. The molecule has 2 amide bonds. The van der Waals surface area contributed by atoms with E-state index in [0.717, 1.165) is 41.2 Å². The molecule has 4 aromatic rings. The first-order chi connectivity index (χ1) is 21.4. The summed E-state index contributed by atoms with van der Waals surface area (Å²) in [6, 6.07) is 21.1. The molecule has 2 heterocycles. The molecule has 0 radical (unpaired) electrons. The molecule has 3 aromatic carbocycles. The van der Waals surface area contributed by atoms with Crippen LogP contribution in [0.15, 0.2) is 77.7 Å². The molecular weight excluding hydrogens is 568 g/mol. The van der Waals surface area contributed by atoms with Crippen LogP contribution >= 0.6 is 0 Å². The van der Waals surface area contributed by atoms with Gasteiger partial charge in [-0.2, -0.15) is 0 Å². The molecule has 1 aliphatic heterocycles. The van der Waals surface area contributed by atoms with Gasteiger partial charge in [-0.1, -0.05) is 45.0 Å². The second kappa shape index (κ2) is 12.9. The maximum atomic E-state index is 13.1. The molecule has 0 saturated carbocycles. The third-order valence-electron chi connectivity index (χ3n) is 8.16. The van der Waals surface area contributed by atoms with Gasteiger partial charge in [0.2, 0.25) is 0 Å². The number of rotatable bonds is 7. The number of carbonyl (C=O) groups excluding carboxylic acids is 2. The van der Waals surface area contributed by atoms with Crippen molar-refractivity contribution in [3.05, 3.63) is 100.0 Å². The van der Waals surface area contributed by atoms with Crippen LogP contribution in [0.25, 0.3) is 11.3 Å². The molecular formula is C35H40N6O4. The highest BCUT2D eigenvalue weighted by molar-refractivity contribution is 6.05. The van der Waals surface area contributed by atoms with Gasteiger partial charge in [-0.25, -0.2) is 9.78 Å². The van der Waals surface area contributed by atoms with E-state index in [2.05, 4.69) is 36.3 Å². The van der Waals surface area contributed by atoms with Gasteiger partial charge in [0.25, 0.3) is 11.5 Å². The van der Waals surface area contributed by atoms with Crippen molar-refractivity contribution in [3.63, 3.8) is 0 Å². The molecule has 234 valence electrons. The monoisotopic (exact) mass is 608 g/mol. The topological polar surface area (TPSA) is 132 Å². The van der Waals surface area contributed by atoms with E-state index in [4.69, 9.17) is 15.5 Å². The van der Waals surface area contributed by atoms with E-state index >= 15 is 0 Å². The van der Waals surface area contributed by atoms with Gasteiger partial charge in [0, 0.05) is 67.4 Å². The Bertz CT molecular complexity index is 1750. The van der Waals surface area contributed by atoms with E-state index in [1.165, 1.54) is 4.57 Å². The van der Waals surface area contributed by atoms with Crippen LogP contribution in [0.5, 0.6) is 0 Å². The minimum Gasteiger partial charge on any atom is -0.446 e. The third kappa shape index (κ3) is 7.34. The van der Waals surface area contributed by atoms with E-state index in [-0.39, 0.29) is 28.8 Å². The van der Waals surface area contributed by atoms with E-state index < -0.39 is 6.09 Å². The van der Waals surface area contributed by atoms with Crippen molar-refractivity contribution in [1.82, 2.24) is 9.55 Å². The molecule has 1 saturated heterocycles. The number of piperidine rings is 1. The van der Waals surface area contributed by atoms with Gasteiger partial charge in [-0.15, -0.1) is 0 Å². The van der Waals surface area contributed by atoms with Crippen molar-refractivity contribution in [2.45, 2.75) is 52.1 Å². The van der Waals surface area contributed by atoms with Crippen LogP contribution in [0, 0.1) is 6.92 Å². The van der Waals surface area contributed by atoms with Crippen molar-refractivity contribution in [1.29, 1.82) is 0 Å². The first kappa shape index (κ1) is 31.3. The SMILES string of the molecule is Cc1c(NC(=O)c2ccc(C(C)(C)C)cc2)cccc1-c1cn(C)c(=O)c(Nc2ccc(N3CCC(OC(N)=O)CC3)cc2)n1. The number of aryl methyl sites for hydroxylation is 1. The van der Waals surface area contributed by atoms with Crippen LogP contribution in [0.4, 0.5) is 27.7 Å². The Morgan fingerprint density at radius 1 is 0.978 bits per heavy atom. The zero-order valence-corrected chi connectivity index (χ0v) is 26.4. The zero-order valence-electron chi connectivity index (χ0n) is 26.4. The Morgan fingerprint density at radius 3 is 2.27 bits per heavy atom. The lowest BCUT2D eigenvalue weighted by atomic mass is 9.86. The lowest BCUT2D eigenvalue weighted by Crippen LogP contribution is -2.38. The van der Waals surface area contributed by atoms with Gasteiger partial charge in [0.1, 0.15) is 6.10 Å². The molecule has 10 nitrogen and oxygen atoms in total. The second-order valence-corrected chi connectivity index (χ2v) is 12.4. The molecule has 45 heavy (non-hydrogen) atoms. The van der Waals surface area contributed by atoms with Crippen LogP contribution in [0.2, 0.25) is 0 Å². The van der Waals surface area contributed by atoms with Crippen molar-refractivity contribution in [2.75, 3.05) is 28.6 Å². The van der Waals surface area contributed by atoms with Crippen molar-refractivity contribution < 1.29 is 14.3 Å². The molecule has 1 aromatic heterocycles. The summed E-state index contributed by atoms with van der Waals surface area (Å²) in [5, 5.41) is 6.22. The molecule has 10 heteroatoms. The summed E-state index contributed by atoms with van der Waals surface area (Å²) in [7, 11) is 1.69. The fourth-order valence-corrected chi connectivity index (χ4v) is 5.47. The smallest absolute Gasteiger partial charge is 0.404 e. The number of hydrogen-bond donors (Lipinski definition) is 3. The van der Waals surface area contributed by atoms with Crippen molar-refractivity contribution in [2.24, 2.45) is 12.8 Å². The number of nitrogens with one attached hydrogen (secondary N) is 2. The summed E-state index contributed by atoms with van der Waals surface area (Å²) >= 11 is 0. The van der Waals surface area contributed by atoms with E-state index in [1.807, 2.05) is 73.7 Å². The zero-order chi connectivity index (χ0) is 32.3. The van der Waals surface area contributed by atoms with Gasteiger partial charge in [0.05, 0.1) is 5.69 Å². The fraction of sp³-hybridized carbons (Fsp3) is 0.314. The largest absolute Gasteiger partial charge is 0.446 e. The Labute approximate surface area is 263 Å². The maximum absolute atomic E-state index is 13.1. The van der Waals surface area contributed by atoms with Gasteiger partial charge in [0.15, 0.2) is 5.82 Å². The highest BCUT2D eigenvalue weighted by atomic mass is 16.6. The molecule has 0 aliphatic carbocycles. The number of anilines is 4. The number of ether oxygens (including phenoxy) is 1. The van der Waals surface area contributed by atoms with Crippen LogP contribution < -0.4 is 26.8 Å². The van der Waals surface area contributed by atoms with E-state index in [0.29, 0.717) is 29.8 Å². The van der Waals surface area contributed by atoms with E-state index in [1.54, 1.807) is 13.2 Å². The van der Waals surface area contributed by atoms with Gasteiger partial charge < -0.3 is 30.6 Å². The molecule has 1 fully saturated rings. The molecule has 5 rings (SSSR count). The average molecular weight is 609 g/mol. The number of hydrogen-bond acceptors (Lipinski definition) is 7. The summed E-state index contributed by atoms with van der Waals surface area (Å²) in [6.07, 6.45) is 2.23. The first-order valence-corrected chi connectivity index (χ1v) is 15.1. The number of primary amides is 1. The number of aromatic nitrogens is 2. The predicted molar refractivity (Wildman–Crippen MR) is 178 cm³/mol. The lowest BCUT2D eigenvalue weighted by Gasteiger charge is -2.33. The van der Waals surface area contributed by atoms with Gasteiger partial charge in [-0.3, -0.25) is 9.59 Å². The van der Waals surface area contributed by atoms with Crippen LogP contribution in [-0.2, 0) is 17.2 Å². The number of nitrogens with two attached hydrogens (primary N) is 1. The highest BCUT2D eigenvalue weighted by Gasteiger charge is 2.22. The first-order valence-electron chi connectivity index (χ1n) is 15.1. The minimum atomic E-state index is -0.736. The quantitative estimate of drug-likeness (QED) is 0.231. The summed E-state index contributed by atoms with van der Waals surface area (Å²) in [4.78, 5) is 44.1. The minimum absolute atomic E-state index is 0.00255. The maximum Gasteiger partial charge on any atom is 0.404 e. The fourth-order valence-electron chi connectivity index (χ4n) is 5.47. The molecule has 4 N–H and O–H groups in total. The molecule has 0 atom stereocenters. The van der Waals surface area contributed by atoms with Crippen LogP contribution in [0.3, 0.4) is 0 Å². The highest BCUT2D eigenvalue weighted by Crippen LogP contribution is 2.29. The Morgan fingerprint density at radius 2 is 1.64 bits per heavy atom. The van der Waals surface area contributed by atoms with Crippen molar-refractivity contribution >= 4 is 34.9 Å². The average Bonchev–Trinajstić information content (AvgIpc) is 3.00. The normalized spacial score (nSPS) is 13.8. The Hall–Kier alpha value is -5.12. The lowest BCUT2D eigenvalue weighted by molar-refractivity contribution is 0.0912. The number of benzene rings is 3. The number of nitrogens with zero attached hydrogens (tertiary/aromatic N) is 3. The van der Waals surface area contributed by atoms with Crippen molar-refractivity contribution in [3.8, 4) is 11.3 Å². The number of carbonyl (C=O) groups is 2. The molecule has 0 bridgehead atoms. The Balaban J connectivity index is 1.31. The standard InChI is InChI=1S/C35H40N6O4/c1-22-28(7-6-8-29(22)39-32(42)23-9-11-24(12-10-23)35(2,3)4)30-21-40(5)33(43)31(38-30)37-25-13-15-26(16-14-25)41-19-17-27(18-20-41)45-34(36)44/h6-16,21,27H,17-20H2,1-5H3,(H2,36,44)(H,37,38)(H,39,42). The molecule has 0 spiro atoms. The predicted octanol–water partition coefficient (Wildman–Crippen LogP) is 6.11.